The summed E-state index contributed by atoms with van der Waals surface area (Å²) >= 11 is 0. The van der Waals surface area contributed by atoms with E-state index in [1.165, 1.54) is 12.1 Å². The number of carbonyl (C=O) groups is 1. The van der Waals surface area contributed by atoms with E-state index in [1.54, 1.807) is 12.1 Å². The van der Waals surface area contributed by atoms with Gasteiger partial charge < -0.3 is 5.32 Å². The van der Waals surface area contributed by atoms with E-state index >= 15 is 0 Å². The summed E-state index contributed by atoms with van der Waals surface area (Å²) in [6.07, 6.45) is 3.57. The van der Waals surface area contributed by atoms with Gasteiger partial charge in [0.1, 0.15) is 5.82 Å². The van der Waals surface area contributed by atoms with Gasteiger partial charge >= 0.3 is 0 Å². The second-order valence-electron chi connectivity index (χ2n) is 5.37. The highest BCUT2D eigenvalue weighted by Gasteiger charge is 2.36. The van der Waals surface area contributed by atoms with Gasteiger partial charge in [-0.2, -0.15) is 0 Å². The standard InChI is InChI=1S/C16H18FNO/c1-2-15(19)16-13(9-12-7-8-14(16)18-12)10-3-5-11(17)6-4-10/h3-6,12,14,18H,2,7-9H2,1H3/t12?,14-/m1/s1. The molecular formula is C16H18FNO. The van der Waals surface area contributed by atoms with E-state index in [4.69, 9.17) is 0 Å². The fourth-order valence-corrected chi connectivity index (χ4v) is 3.25. The van der Waals surface area contributed by atoms with Crippen molar-refractivity contribution in [3.8, 4) is 0 Å². The molecule has 1 saturated heterocycles. The van der Waals surface area contributed by atoms with Crippen molar-refractivity contribution in [1.29, 1.82) is 0 Å². The van der Waals surface area contributed by atoms with Gasteiger partial charge in [-0.25, -0.2) is 4.39 Å². The highest BCUT2D eigenvalue weighted by atomic mass is 19.1. The van der Waals surface area contributed by atoms with Crippen LogP contribution in [-0.4, -0.2) is 17.9 Å². The van der Waals surface area contributed by atoms with Gasteiger partial charge in [0.2, 0.25) is 0 Å². The summed E-state index contributed by atoms with van der Waals surface area (Å²) in [6, 6.07) is 7.20. The Hall–Kier alpha value is -1.48. The van der Waals surface area contributed by atoms with Gasteiger partial charge in [0.05, 0.1) is 0 Å². The Kier molecular flexibility index (Phi) is 3.23. The summed E-state index contributed by atoms with van der Waals surface area (Å²) in [5, 5.41) is 3.51. The number of halogens is 1. The lowest BCUT2D eigenvalue weighted by atomic mass is 9.87. The van der Waals surface area contributed by atoms with E-state index in [9.17, 15) is 9.18 Å². The second kappa shape index (κ2) is 4.89. The number of nitrogens with one attached hydrogen (secondary N) is 1. The summed E-state index contributed by atoms with van der Waals surface area (Å²) in [7, 11) is 0. The Bertz CT molecular complexity index is 532. The Balaban J connectivity index is 2.07. The van der Waals surface area contributed by atoms with E-state index in [0.29, 0.717) is 12.5 Å². The summed E-state index contributed by atoms with van der Waals surface area (Å²) < 4.78 is 13.0. The van der Waals surface area contributed by atoms with Crippen molar-refractivity contribution in [2.75, 3.05) is 0 Å². The van der Waals surface area contributed by atoms with Gasteiger partial charge in [-0.05, 0) is 42.5 Å². The zero-order valence-electron chi connectivity index (χ0n) is 11.1. The summed E-state index contributed by atoms with van der Waals surface area (Å²) in [5.74, 6) is -0.0122. The largest absolute Gasteiger partial charge is 0.307 e. The van der Waals surface area contributed by atoms with E-state index in [0.717, 1.165) is 36.0 Å². The van der Waals surface area contributed by atoms with E-state index < -0.39 is 0 Å². The summed E-state index contributed by atoms with van der Waals surface area (Å²) in [4.78, 5) is 12.2. The van der Waals surface area contributed by atoms with Crippen molar-refractivity contribution in [2.45, 2.75) is 44.7 Å². The number of benzene rings is 1. The summed E-state index contributed by atoms with van der Waals surface area (Å²) in [6.45, 7) is 1.90. The molecule has 1 N–H and O–H groups in total. The normalized spacial score (nSPS) is 25.8. The van der Waals surface area contributed by atoms with Crippen LogP contribution in [0.3, 0.4) is 0 Å². The third kappa shape index (κ3) is 2.23. The van der Waals surface area contributed by atoms with Crippen molar-refractivity contribution in [3.63, 3.8) is 0 Å². The zero-order chi connectivity index (χ0) is 13.4. The molecule has 3 heteroatoms. The molecule has 19 heavy (non-hydrogen) atoms. The highest BCUT2D eigenvalue weighted by Crippen LogP contribution is 2.37. The van der Waals surface area contributed by atoms with E-state index in [2.05, 4.69) is 5.32 Å². The van der Waals surface area contributed by atoms with Crippen LogP contribution >= 0.6 is 0 Å². The molecule has 0 radical (unpaired) electrons. The fourth-order valence-electron chi connectivity index (χ4n) is 3.25. The van der Waals surface area contributed by atoms with Crippen LogP contribution in [0.5, 0.6) is 0 Å². The quantitative estimate of drug-likeness (QED) is 0.903. The van der Waals surface area contributed by atoms with Crippen molar-refractivity contribution >= 4 is 11.4 Å². The lowest BCUT2D eigenvalue weighted by Gasteiger charge is -2.27. The van der Waals surface area contributed by atoms with Gasteiger partial charge in [0.15, 0.2) is 5.78 Å². The molecule has 2 bridgehead atoms. The van der Waals surface area contributed by atoms with Crippen LogP contribution in [-0.2, 0) is 4.79 Å². The van der Waals surface area contributed by atoms with Crippen LogP contribution in [0, 0.1) is 5.82 Å². The van der Waals surface area contributed by atoms with Crippen molar-refractivity contribution in [3.05, 3.63) is 41.2 Å². The number of rotatable bonds is 3. The van der Waals surface area contributed by atoms with Crippen LogP contribution < -0.4 is 5.32 Å². The van der Waals surface area contributed by atoms with Crippen LogP contribution in [0.25, 0.3) is 5.57 Å². The molecule has 2 nitrogen and oxygen atoms in total. The molecule has 2 heterocycles. The average molecular weight is 259 g/mol. The number of carbonyl (C=O) groups excluding carboxylic acids is 1. The predicted molar refractivity (Wildman–Crippen MR) is 73.2 cm³/mol. The highest BCUT2D eigenvalue weighted by molar-refractivity contribution is 6.04. The van der Waals surface area contributed by atoms with Gasteiger partial charge in [-0.1, -0.05) is 19.1 Å². The van der Waals surface area contributed by atoms with Crippen molar-refractivity contribution < 1.29 is 9.18 Å². The predicted octanol–water partition coefficient (Wildman–Crippen LogP) is 3.08. The molecule has 1 unspecified atom stereocenters. The first-order valence-electron chi connectivity index (χ1n) is 6.97. The molecule has 2 aliphatic heterocycles. The number of ketones is 1. The van der Waals surface area contributed by atoms with Crippen LogP contribution in [0.1, 0.15) is 38.2 Å². The van der Waals surface area contributed by atoms with Crippen molar-refractivity contribution in [2.24, 2.45) is 0 Å². The SMILES string of the molecule is CCC(=O)C1=C(c2ccc(F)cc2)CC2CC[C@H]1N2. The first kappa shape index (κ1) is 12.5. The molecule has 3 rings (SSSR count). The number of hydrogen-bond acceptors (Lipinski definition) is 2. The third-order valence-electron chi connectivity index (χ3n) is 4.18. The molecule has 1 aromatic rings. The fraction of sp³-hybridized carbons (Fsp3) is 0.438. The Morgan fingerprint density at radius 1 is 1.32 bits per heavy atom. The number of Topliss-reactive ketones (excluding diaryl/α,β-unsaturated/α-hetero) is 1. The molecule has 0 aromatic heterocycles. The van der Waals surface area contributed by atoms with Crippen LogP contribution in [0.4, 0.5) is 4.39 Å². The number of hydrogen-bond donors (Lipinski definition) is 1. The molecule has 0 saturated carbocycles. The number of fused-ring (bicyclic) bond motifs is 2. The van der Waals surface area contributed by atoms with Gasteiger partial charge in [-0.15, -0.1) is 0 Å². The maximum absolute atomic E-state index is 13.0. The van der Waals surface area contributed by atoms with Gasteiger partial charge in [0, 0.05) is 24.1 Å². The molecule has 0 amide bonds. The molecular weight excluding hydrogens is 241 g/mol. The minimum Gasteiger partial charge on any atom is -0.307 e. The maximum atomic E-state index is 13.0. The van der Waals surface area contributed by atoms with E-state index in [-0.39, 0.29) is 17.6 Å². The molecule has 2 atom stereocenters. The Morgan fingerprint density at radius 2 is 2.05 bits per heavy atom. The minimum atomic E-state index is -0.232. The molecule has 2 aliphatic rings. The minimum absolute atomic E-state index is 0.200. The van der Waals surface area contributed by atoms with E-state index in [1.807, 2.05) is 6.92 Å². The van der Waals surface area contributed by atoms with Crippen LogP contribution in [0.15, 0.2) is 29.8 Å². The first-order valence-corrected chi connectivity index (χ1v) is 6.97. The monoisotopic (exact) mass is 259 g/mol. The molecule has 100 valence electrons. The average Bonchev–Trinajstić information content (AvgIpc) is 2.80. The van der Waals surface area contributed by atoms with Crippen molar-refractivity contribution in [1.82, 2.24) is 5.32 Å². The maximum Gasteiger partial charge on any atom is 0.160 e. The smallest absolute Gasteiger partial charge is 0.160 e. The molecule has 1 fully saturated rings. The molecule has 1 aromatic carbocycles. The third-order valence-corrected chi connectivity index (χ3v) is 4.18. The zero-order valence-corrected chi connectivity index (χ0v) is 11.1. The molecule has 0 spiro atoms. The molecule has 0 aliphatic carbocycles. The topological polar surface area (TPSA) is 29.1 Å². The van der Waals surface area contributed by atoms with Crippen LogP contribution in [0.2, 0.25) is 0 Å². The lowest BCUT2D eigenvalue weighted by Crippen LogP contribution is -2.38. The summed E-state index contributed by atoms with van der Waals surface area (Å²) in [5.41, 5.74) is 3.05. The first-order chi connectivity index (χ1) is 9.19. The van der Waals surface area contributed by atoms with Gasteiger partial charge in [0.25, 0.3) is 0 Å². The Labute approximate surface area is 112 Å². The van der Waals surface area contributed by atoms with Gasteiger partial charge in [-0.3, -0.25) is 4.79 Å². The lowest BCUT2D eigenvalue weighted by molar-refractivity contribution is -0.115. The Morgan fingerprint density at radius 3 is 2.74 bits per heavy atom. The second-order valence-corrected chi connectivity index (χ2v) is 5.37.